The van der Waals surface area contributed by atoms with Gasteiger partial charge in [0.15, 0.2) is 0 Å². The van der Waals surface area contributed by atoms with Crippen LogP contribution in [0.25, 0.3) is 0 Å². The summed E-state index contributed by atoms with van der Waals surface area (Å²) < 4.78 is 5.66. The van der Waals surface area contributed by atoms with Gasteiger partial charge < -0.3 is 10.5 Å². The summed E-state index contributed by atoms with van der Waals surface area (Å²) in [6.07, 6.45) is 2.86. The molecular formula is C11H15NO. The van der Waals surface area contributed by atoms with E-state index in [9.17, 15) is 0 Å². The first-order chi connectivity index (χ1) is 6.25. The number of benzene rings is 1. The number of nitrogens with two attached hydrogens (primary N) is 1. The molecule has 1 aliphatic rings. The largest absolute Gasteiger partial charge is 0.490 e. The van der Waals surface area contributed by atoms with Crippen LogP contribution in [-0.2, 0) is 0 Å². The molecule has 1 aromatic carbocycles. The van der Waals surface area contributed by atoms with Crippen molar-refractivity contribution < 1.29 is 4.74 Å². The van der Waals surface area contributed by atoms with Crippen LogP contribution < -0.4 is 10.5 Å². The molecule has 0 unspecified atom stereocenters. The normalized spacial score (nSPS) is 18.3. The molecule has 13 heavy (non-hydrogen) atoms. The molecule has 2 heteroatoms. The van der Waals surface area contributed by atoms with Crippen LogP contribution in [0.3, 0.4) is 0 Å². The SMILES string of the molecule is C[C@H](N)c1cccc(OC2CC2)c1. The van der Waals surface area contributed by atoms with E-state index in [1.807, 2.05) is 31.2 Å². The first-order valence-corrected chi connectivity index (χ1v) is 4.78. The Balaban J connectivity index is 2.11. The van der Waals surface area contributed by atoms with Gasteiger partial charge in [0.25, 0.3) is 0 Å². The Kier molecular flexibility index (Phi) is 2.23. The molecule has 1 atom stereocenters. The molecule has 2 N–H and O–H groups in total. The molecule has 0 saturated heterocycles. The van der Waals surface area contributed by atoms with Crippen molar-refractivity contribution in [2.24, 2.45) is 5.73 Å². The van der Waals surface area contributed by atoms with E-state index in [-0.39, 0.29) is 6.04 Å². The van der Waals surface area contributed by atoms with Crippen LogP contribution in [0.1, 0.15) is 31.4 Å². The molecule has 2 rings (SSSR count). The van der Waals surface area contributed by atoms with Crippen molar-refractivity contribution in [3.05, 3.63) is 29.8 Å². The molecule has 0 heterocycles. The van der Waals surface area contributed by atoms with E-state index in [0.717, 1.165) is 11.3 Å². The third-order valence-electron chi connectivity index (χ3n) is 2.21. The summed E-state index contributed by atoms with van der Waals surface area (Å²) in [5.74, 6) is 0.956. The summed E-state index contributed by atoms with van der Waals surface area (Å²) in [6, 6.07) is 8.14. The fourth-order valence-corrected chi connectivity index (χ4v) is 1.25. The van der Waals surface area contributed by atoms with Gasteiger partial charge in [0, 0.05) is 6.04 Å². The van der Waals surface area contributed by atoms with Crippen LogP contribution in [0.15, 0.2) is 24.3 Å². The minimum atomic E-state index is 0.0859. The van der Waals surface area contributed by atoms with Crippen molar-refractivity contribution in [1.82, 2.24) is 0 Å². The number of hydrogen-bond acceptors (Lipinski definition) is 2. The fraction of sp³-hybridized carbons (Fsp3) is 0.455. The smallest absolute Gasteiger partial charge is 0.120 e. The van der Waals surface area contributed by atoms with Gasteiger partial charge in [-0.3, -0.25) is 0 Å². The van der Waals surface area contributed by atoms with E-state index in [1.165, 1.54) is 12.8 Å². The second-order valence-electron chi connectivity index (χ2n) is 3.68. The monoisotopic (exact) mass is 177 g/mol. The molecule has 0 radical (unpaired) electrons. The zero-order chi connectivity index (χ0) is 9.26. The van der Waals surface area contributed by atoms with Gasteiger partial charge in [0.05, 0.1) is 6.10 Å². The molecule has 1 aromatic rings. The molecule has 70 valence electrons. The fourth-order valence-electron chi connectivity index (χ4n) is 1.25. The van der Waals surface area contributed by atoms with E-state index in [4.69, 9.17) is 10.5 Å². The minimum Gasteiger partial charge on any atom is -0.490 e. The predicted octanol–water partition coefficient (Wildman–Crippen LogP) is 2.25. The topological polar surface area (TPSA) is 35.2 Å². The minimum absolute atomic E-state index is 0.0859. The summed E-state index contributed by atoms with van der Waals surface area (Å²) >= 11 is 0. The Labute approximate surface area is 78.7 Å². The maximum Gasteiger partial charge on any atom is 0.120 e. The van der Waals surface area contributed by atoms with Crippen molar-refractivity contribution in [2.75, 3.05) is 0 Å². The van der Waals surface area contributed by atoms with E-state index >= 15 is 0 Å². The molecule has 2 nitrogen and oxygen atoms in total. The lowest BCUT2D eigenvalue weighted by molar-refractivity contribution is 0.303. The molecular weight excluding hydrogens is 162 g/mol. The molecule has 1 fully saturated rings. The van der Waals surface area contributed by atoms with Gasteiger partial charge in [0.2, 0.25) is 0 Å². The quantitative estimate of drug-likeness (QED) is 0.768. The molecule has 0 amide bonds. The number of ether oxygens (including phenoxy) is 1. The van der Waals surface area contributed by atoms with Crippen molar-refractivity contribution in [3.8, 4) is 5.75 Å². The lowest BCUT2D eigenvalue weighted by Gasteiger charge is -2.08. The summed E-state index contributed by atoms with van der Waals surface area (Å²) in [5, 5.41) is 0. The first kappa shape index (κ1) is 8.57. The first-order valence-electron chi connectivity index (χ1n) is 4.78. The second kappa shape index (κ2) is 3.38. The predicted molar refractivity (Wildman–Crippen MR) is 52.7 cm³/mol. The highest BCUT2D eigenvalue weighted by Crippen LogP contribution is 2.27. The van der Waals surface area contributed by atoms with Gasteiger partial charge >= 0.3 is 0 Å². The average molecular weight is 177 g/mol. The van der Waals surface area contributed by atoms with E-state index in [1.54, 1.807) is 0 Å². The highest BCUT2D eigenvalue weighted by atomic mass is 16.5. The zero-order valence-electron chi connectivity index (χ0n) is 7.86. The van der Waals surface area contributed by atoms with Gasteiger partial charge in [-0.15, -0.1) is 0 Å². The van der Waals surface area contributed by atoms with Crippen molar-refractivity contribution in [1.29, 1.82) is 0 Å². The lowest BCUT2D eigenvalue weighted by atomic mass is 10.1. The second-order valence-corrected chi connectivity index (χ2v) is 3.68. The van der Waals surface area contributed by atoms with Crippen LogP contribution in [0.2, 0.25) is 0 Å². The van der Waals surface area contributed by atoms with Crippen molar-refractivity contribution >= 4 is 0 Å². The number of hydrogen-bond donors (Lipinski definition) is 1. The van der Waals surface area contributed by atoms with Gasteiger partial charge in [-0.2, -0.15) is 0 Å². The Morgan fingerprint density at radius 2 is 2.23 bits per heavy atom. The Hall–Kier alpha value is -1.02. The average Bonchev–Trinajstić information content (AvgIpc) is 2.89. The maximum atomic E-state index is 5.77. The third-order valence-corrected chi connectivity index (χ3v) is 2.21. The zero-order valence-corrected chi connectivity index (χ0v) is 7.86. The Bertz CT molecular complexity index is 292. The van der Waals surface area contributed by atoms with Gasteiger partial charge in [-0.25, -0.2) is 0 Å². The van der Waals surface area contributed by atoms with Crippen LogP contribution in [0.5, 0.6) is 5.75 Å². The summed E-state index contributed by atoms with van der Waals surface area (Å²) in [7, 11) is 0. The summed E-state index contributed by atoms with van der Waals surface area (Å²) in [4.78, 5) is 0. The van der Waals surface area contributed by atoms with Crippen molar-refractivity contribution in [2.45, 2.75) is 31.9 Å². The van der Waals surface area contributed by atoms with Crippen LogP contribution in [-0.4, -0.2) is 6.10 Å². The van der Waals surface area contributed by atoms with Crippen LogP contribution in [0.4, 0.5) is 0 Å². The lowest BCUT2D eigenvalue weighted by Crippen LogP contribution is -2.05. The Morgan fingerprint density at radius 1 is 1.46 bits per heavy atom. The molecule has 1 saturated carbocycles. The van der Waals surface area contributed by atoms with E-state index in [2.05, 4.69) is 0 Å². The van der Waals surface area contributed by atoms with Gasteiger partial charge in [-0.05, 0) is 37.5 Å². The maximum absolute atomic E-state index is 5.77. The van der Waals surface area contributed by atoms with E-state index < -0.39 is 0 Å². The molecule has 1 aliphatic carbocycles. The standard InChI is InChI=1S/C11H15NO/c1-8(12)9-3-2-4-11(7-9)13-10-5-6-10/h2-4,7-8,10H,5-6,12H2,1H3/t8-/m0/s1. The highest BCUT2D eigenvalue weighted by molar-refractivity contribution is 5.30. The van der Waals surface area contributed by atoms with Crippen LogP contribution in [0, 0.1) is 0 Å². The molecule has 0 aliphatic heterocycles. The van der Waals surface area contributed by atoms with Gasteiger partial charge in [0.1, 0.15) is 5.75 Å². The summed E-state index contributed by atoms with van der Waals surface area (Å²) in [5.41, 5.74) is 6.91. The molecule has 0 aromatic heterocycles. The van der Waals surface area contributed by atoms with E-state index in [0.29, 0.717) is 6.10 Å². The number of rotatable bonds is 3. The van der Waals surface area contributed by atoms with Gasteiger partial charge in [-0.1, -0.05) is 12.1 Å². The third kappa shape index (κ3) is 2.22. The molecule has 0 spiro atoms. The summed E-state index contributed by atoms with van der Waals surface area (Å²) in [6.45, 7) is 1.98. The Morgan fingerprint density at radius 3 is 2.85 bits per heavy atom. The van der Waals surface area contributed by atoms with Crippen molar-refractivity contribution in [3.63, 3.8) is 0 Å². The molecule has 0 bridgehead atoms. The highest BCUT2D eigenvalue weighted by Gasteiger charge is 2.23. The van der Waals surface area contributed by atoms with Crippen LogP contribution >= 0.6 is 0 Å².